The Labute approximate surface area is 156 Å². The van der Waals surface area contributed by atoms with Crippen LogP contribution in [0, 0.1) is 6.92 Å². The molecule has 2 aliphatic heterocycles. The van der Waals surface area contributed by atoms with Gasteiger partial charge in [-0.15, -0.1) is 0 Å². The van der Waals surface area contributed by atoms with Gasteiger partial charge in [0.05, 0.1) is 17.1 Å². The molecule has 0 atom stereocenters. The fraction of sp³-hybridized carbons (Fsp3) is 0.143. The molecule has 0 fully saturated rings. The number of benzene rings is 2. The Balaban J connectivity index is 1.85. The summed E-state index contributed by atoms with van der Waals surface area (Å²) < 4.78 is 9.86. The lowest BCUT2D eigenvalue weighted by Gasteiger charge is -2.12. The van der Waals surface area contributed by atoms with Crippen molar-refractivity contribution in [3.63, 3.8) is 0 Å². The summed E-state index contributed by atoms with van der Waals surface area (Å²) in [5, 5.41) is 0. The van der Waals surface area contributed by atoms with Gasteiger partial charge in [0.1, 0.15) is 11.4 Å². The Kier molecular flexibility index (Phi) is 3.96. The number of nitrogens with zero attached hydrogens (tertiary/aromatic N) is 2. The molecule has 6 heteroatoms. The van der Waals surface area contributed by atoms with Gasteiger partial charge < -0.3 is 9.72 Å². The van der Waals surface area contributed by atoms with Crippen molar-refractivity contribution in [2.24, 2.45) is 7.05 Å². The van der Waals surface area contributed by atoms with E-state index in [9.17, 15) is 9.59 Å². The van der Waals surface area contributed by atoms with Crippen molar-refractivity contribution in [1.82, 2.24) is 14.3 Å². The van der Waals surface area contributed by atoms with E-state index in [0.29, 0.717) is 17.0 Å². The summed E-state index contributed by atoms with van der Waals surface area (Å²) in [6, 6.07) is 16.5. The van der Waals surface area contributed by atoms with Crippen LogP contribution in [-0.4, -0.2) is 20.1 Å². The molecule has 6 nitrogen and oxygen atoms in total. The molecule has 0 aliphatic carbocycles. The summed E-state index contributed by atoms with van der Waals surface area (Å²) in [5.41, 5.74) is 3.58. The molecular weight excluding hydrogens is 342 g/mol. The van der Waals surface area contributed by atoms with E-state index in [1.165, 1.54) is 6.92 Å². The number of ether oxygens (including phenoxy) is 1. The third-order valence-corrected chi connectivity index (χ3v) is 4.74. The van der Waals surface area contributed by atoms with Crippen LogP contribution in [0.4, 0.5) is 0 Å². The van der Waals surface area contributed by atoms with Crippen molar-refractivity contribution in [1.29, 1.82) is 0 Å². The van der Waals surface area contributed by atoms with Gasteiger partial charge in [0.25, 0.3) is 5.56 Å². The number of para-hydroxylation sites is 1. The van der Waals surface area contributed by atoms with Gasteiger partial charge in [-0.3, -0.25) is 14.3 Å². The predicted molar refractivity (Wildman–Crippen MR) is 103 cm³/mol. The van der Waals surface area contributed by atoms with E-state index in [1.54, 1.807) is 24.3 Å². The van der Waals surface area contributed by atoms with Crippen LogP contribution in [-0.2, 0) is 7.05 Å². The highest BCUT2D eigenvalue weighted by Crippen LogP contribution is 2.36. The first-order valence-corrected chi connectivity index (χ1v) is 8.62. The SMILES string of the molecule is CC(=O)c1ccc(Oc2c3n(-c4ccccc4)n(C)c(C)c-3[nH]c2=O)cc1. The van der Waals surface area contributed by atoms with Crippen molar-refractivity contribution in [3.8, 4) is 28.6 Å². The number of H-pyrrole nitrogens is 1. The summed E-state index contributed by atoms with van der Waals surface area (Å²) in [6.07, 6.45) is 0. The number of hydrogen-bond donors (Lipinski definition) is 1. The van der Waals surface area contributed by atoms with Crippen LogP contribution >= 0.6 is 0 Å². The lowest BCUT2D eigenvalue weighted by Crippen LogP contribution is -2.10. The number of aromatic nitrogens is 3. The minimum atomic E-state index is -0.288. The Morgan fingerprint density at radius 2 is 1.70 bits per heavy atom. The minimum absolute atomic E-state index is 0.0179. The lowest BCUT2D eigenvalue weighted by molar-refractivity contribution is 0.101. The fourth-order valence-corrected chi connectivity index (χ4v) is 3.22. The van der Waals surface area contributed by atoms with Gasteiger partial charge in [-0.25, -0.2) is 4.68 Å². The fourth-order valence-electron chi connectivity index (χ4n) is 3.22. The molecule has 136 valence electrons. The monoisotopic (exact) mass is 361 g/mol. The highest BCUT2D eigenvalue weighted by Gasteiger charge is 2.27. The van der Waals surface area contributed by atoms with Crippen LogP contribution in [0.2, 0.25) is 0 Å². The number of ketones is 1. The summed E-state index contributed by atoms with van der Waals surface area (Å²) >= 11 is 0. The van der Waals surface area contributed by atoms with E-state index in [-0.39, 0.29) is 17.1 Å². The van der Waals surface area contributed by atoms with Crippen molar-refractivity contribution >= 4 is 5.78 Å². The lowest BCUT2D eigenvalue weighted by atomic mass is 10.1. The molecule has 0 aromatic heterocycles. The third-order valence-electron chi connectivity index (χ3n) is 4.74. The van der Waals surface area contributed by atoms with E-state index in [2.05, 4.69) is 4.98 Å². The molecule has 0 spiro atoms. The van der Waals surface area contributed by atoms with Gasteiger partial charge in [0.15, 0.2) is 5.78 Å². The predicted octanol–water partition coefficient (Wildman–Crippen LogP) is 3.91. The van der Waals surface area contributed by atoms with Crippen LogP contribution in [0.25, 0.3) is 17.1 Å². The number of carbonyl (C=O) groups is 1. The zero-order valence-electron chi connectivity index (χ0n) is 15.3. The highest BCUT2D eigenvalue weighted by molar-refractivity contribution is 5.94. The van der Waals surface area contributed by atoms with E-state index in [0.717, 1.165) is 17.1 Å². The van der Waals surface area contributed by atoms with Gasteiger partial charge in [-0.1, -0.05) is 18.2 Å². The van der Waals surface area contributed by atoms with Crippen LogP contribution in [0.5, 0.6) is 11.5 Å². The molecule has 2 heterocycles. The van der Waals surface area contributed by atoms with Crippen LogP contribution in [0.15, 0.2) is 59.4 Å². The normalized spacial score (nSPS) is 11.1. The topological polar surface area (TPSA) is 69.0 Å². The molecule has 0 saturated heterocycles. The van der Waals surface area contributed by atoms with E-state index in [4.69, 9.17) is 4.74 Å². The first-order valence-electron chi connectivity index (χ1n) is 8.62. The Hall–Kier alpha value is -3.54. The molecule has 0 radical (unpaired) electrons. The molecule has 4 rings (SSSR count). The van der Waals surface area contributed by atoms with Gasteiger partial charge in [0, 0.05) is 12.6 Å². The molecule has 0 unspecified atom stereocenters. The summed E-state index contributed by atoms with van der Waals surface area (Å²) in [4.78, 5) is 26.9. The maximum absolute atomic E-state index is 12.6. The molecule has 2 aromatic rings. The molecule has 0 amide bonds. The van der Waals surface area contributed by atoms with E-state index >= 15 is 0 Å². The van der Waals surface area contributed by atoms with Gasteiger partial charge >= 0.3 is 0 Å². The number of fused-ring (bicyclic) bond motifs is 1. The number of hydrogen-bond acceptors (Lipinski definition) is 3. The molecule has 0 bridgehead atoms. The maximum atomic E-state index is 12.6. The van der Waals surface area contributed by atoms with Crippen LogP contribution in [0.3, 0.4) is 0 Å². The summed E-state index contributed by atoms with van der Waals surface area (Å²) in [6.45, 7) is 3.46. The standard InChI is InChI=1S/C21H19N3O3/c1-13-18-19(24(23(13)3)16-7-5-4-6-8-16)20(21(26)22-18)27-17-11-9-15(10-12-17)14(2)25/h4-12H,1-3H3,(H,22,26). The van der Waals surface area contributed by atoms with E-state index in [1.807, 2.05) is 53.7 Å². The molecule has 27 heavy (non-hydrogen) atoms. The van der Waals surface area contributed by atoms with Crippen LogP contribution < -0.4 is 10.3 Å². The smallest absolute Gasteiger partial charge is 0.293 e. The maximum Gasteiger partial charge on any atom is 0.293 e. The third kappa shape index (κ3) is 2.75. The molecule has 2 aliphatic rings. The number of Topliss-reactive ketones (excluding diaryl/α,β-unsaturated/α-hetero) is 1. The number of rotatable bonds is 4. The first kappa shape index (κ1) is 16.9. The molecular formula is C21H19N3O3. The quantitative estimate of drug-likeness (QED) is 0.560. The van der Waals surface area contributed by atoms with E-state index < -0.39 is 0 Å². The Morgan fingerprint density at radius 1 is 1.04 bits per heavy atom. The number of carbonyl (C=O) groups excluding carboxylic acids is 1. The number of nitrogens with one attached hydrogen (secondary N) is 1. The van der Waals surface area contributed by atoms with Crippen LogP contribution in [0.1, 0.15) is 23.0 Å². The average Bonchev–Trinajstić information content (AvgIpc) is 3.11. The minimum Gasteiger partial charge on any atom is -0.449 e. The first-order chi connectivity index (χ1) is 13.0. The number of aromatic amines is 1. The van der Waals surface area contributed by atoms with Crippen molar-refractivity contribution in [2.45, 2.75) is 13.8 Å². The summed E-state index contributed by atoms with van der Waals surface area (Å²) in [5.74, 6) is 0.711. The van der Waals surface area contributed by atoms with Crippen molar-refractivity contribution in [3.05, 3.63) is 76.2 Å². The van der Waals surface area contributed by atoms with Gasteiger partial charge in [0.2, 0.25) is 5.75 Å². The Morgan fingerprint density at radius 3 is 2.33 bits per heavy atom. The molecule has 2 aromatic carbocycles. The second-order valence-corrected chi connectivity index (χ2v) is 6.45. The average molecular weight is 361 g/mol. The largest absolute Gasteiger partial charge is 0.449 e. The van der Waals surface area contributed by atoms with Crippen molar-refractivity contribution < 1.29 is 9.53 Å². The van der Waals surface area contributed by atoms with Crippen molar-refractivity contribution in [2.75, 3.05) is 0 Å². The van der Waals surface area contributed by atoms with Gasteiger partial charge in [-0.05, 0) is 50.2 Å². The highest BCUT2D eigenvalue weighted by atomic mass is 16.5. The second-order valence-electron chi connectivity index (χ2n) is 6.45. The Bertz CT molecular complexity index is 1150. The molecule has 1 N–H and O–H groups in total. The summed E-state index contributed by atoms with van der Waals surface area (Å²) in [7, 11) is 1.94. The second kappa shape index (κ2) is 6.32. The van der Waals surface area contributed by atoms with Gasteiger partial charge in [-0.2, -0.15) is 0 Å². The zero-order chi connectivity index (χ0) is 19.1. The molecule has 0 saturated carbocycles. The zero-order valence-corrected chi connectivity index (χ0v) is 15.3.